The number of allylic oxidation sites excluding steroid dienone is 24. The minimum absolute atomic E-state index is 0.0996. The summed E-state index contributed by atoms with van der Waals surface area (Å²) in [7, 11) is 0. The lowest BCUT2D eigenvalue weighted by atomic mass is 10.0. The van der Waals surface area contributed by atoms with Crippen LogP contribution in [0, 0.1) is 0 Å². The fourth-order valence-electron chi connectivity index (χ4n) is 8.50. The first-order valence-electron chi connectivity index (χ1n) is 32.3. The van der Waals surface area contributed by atoms with Crippen LogP contribution in [-0.2, 0) is 28.6 Å². The minimum atomic E-state index is -0.807. The molecule has 1 atom stereocenters. The third-order valence-electron chi connectivity index (χ3n) is 13.3. The summed E-state index contributed by atoms with van der Waals surface area (Å²) in [6.45, 7) is 6.46. The number of carbonyl (C=O) groups is 3. The fraction of sp³-hybridized carbons (Fsp3) is 0.630. The van der Waals surface area contributed by atoms with Crippen molar-refractivity contribution >= 4 is 17.9 Å². The Hall–Kier alpha value is -4.71. The zero-order chi connectivity index (χ0) is 57.1. The van der Waals surface area contributed by atoms with Gasteiger partial charge in [0.2, 0.25) is 0 Å². The highest BCUT2D eigenvalue weighted by Gasteiger charge is 2.19. The molecule has 79 heavy (non-hydrogen) atoms. The molecule has 1 unspecified atom stereocenters. The number of ether oxygens (including phenoxy) is 3. The molecule has 0 N–H and O–H groups in total. The quantitative estimate of drug-likeness (QED) is 0.0261. The van der Waals surface area contributed by atoms with E-state index in [9.17, 15) is 14.4 Å². The maximum Gasteiger partial charge on any atom is 0.306 e. The van der Waals surface area contributed by atoms with Crippen molar-refractivity contribution in [2.75, 3.05) is 13.2 Å². The van der Waals surface area contributed by atoms with Crippen molar-refractivity contribution in [3.05, 3.63) is 146 Å². The van der Waals surface area contributed by atoms with Gasteiger partial charge >= 0.3 is 17.9 Å². The van der Waals surface area contributed by atoms with E-state index in [2.05, 4.69) is 167 Å². The van der Waals surface area contributed by atoms with E-state index in [0.29, 0.717) is 25.7 Å². The van der Waals surface area contributed by atoms with Crippen LogP contribution in [0.15, 0.2) is 146 Å². The van der Waals surface area contributed by atoms with Crippen LogP contribution >= 0.6 is 0 Å². The maximum absolute atomic E-state index is 12.9. The molecule has 0 saturated carbocycles. The van der Waals surface area contributed by atoms with Gasteiger partial charge in [-0.25, -0.2) is 0 Å². The molecule has 0 radical (unpaired) electrons. The highest BCUT2D eigenvalue weighted by molar-refractivity contribution is 5.71. The van der Waals surface area contributed by atoms with Crippen molar-refractivity contribution in [3.8, 4) is 0 Å². The summed E-state index contributed by atoms with van der Waals surface area (Å²) < 4.78 is 16.8. The van der Waals surface area contributed by atoms with Crippen LogP contribution in [0.2, 0.25) is 0 Å². The molecule has 6 nitrogen and oxygen atoms in total. The van der Waals surface area contributed by atoms with Gasteiger partial charge in [0.05, 0.1) is 0 Å². The summed E-state index contributed by atoms with van der Waals surface area (Å²) in [5.41, 5.74) is 0. The molecule has 0 heterocycles. The van der Waals surface area contributed by atoms with Gasteiger partial charge in [-0.05, 0) is 128 Å². The Bertz CT molecular complexity index is 1730. The normalized spacial score (nSPS) is 13.1. The van der Waals surface area contributed by atoms with E-state index in [0.717, 1.165) is 141 Å². The molecule has 0 aromatic carbocycles. The SMILES string of the molecule is CC/C=C\C/C=C\C/C=C\C/C=C\C/C=C\C/C=C\C/C=C\C/C=C\C/C=C\C/C=C\CCCCC(=O)OCC(COC(=O)CCCCCCCCCCCCCC)OC(=O)CCCCCCC/C=C\C/C=C\CCCCCC. The van der Waals surface area contributed by atoms with E-state index in [1.807, 2.05) is 0 Å². The van der Waals surface area contributed by atoms with Gasteiger partial charge in [-0.15, -0.1) is 0 Å². The standard InChI is InChI=1S/C73H118O6/c1-4-7-10-13-16-19-22-25-27-29-30-31-32-33-34-35-36-37-38-39-40-41-42-43-44-45-47-48-51-54-57-60-63-66-72(75)78-69-70(68-77-71(74)65-62-59-56-53-50-24-21-18-15-12-9-6-3)79-73(76)67-64-61-58-55-52-49-46-28-26-23-20-17-14-11-8-5-2/h7,10,16,19-20,23,25,27-28,30-31,33-34,36-37,39-40,42-43,45-47,51,54,70H,4-6,8-9,11-15,17-18,21-22,24,26,29,32,35,38,41,44,48-50,52-53,55-69H2,1-3H3/b10-7-,19-16-,23-20-,27-25-,31-30-,34-33-,37-36-,40-39-,43-42-,46-28-,47-45-,54-51-. The molecule has 0 fully saturated rings. The van der Waals surface area contributed by atoms with Crippen LogP contribution in [0.5, 0.6) is 0 Å². The van der Waals surface area contributed by atoms with Gasteiger partial charge < -0.3 is 14.2 Å². The van der Waals surface area contributed by atoms with Crippen molar-refractivity contribution in [3.63, 3.8) is 0 Å². The summed E-state index contributed by atoms with van der Waals surface area (Å²) in [5.74, 6) is -0.960. The lowest BCUT2D eigenvalue weighted by Crippen LogP contribution is -2.30. The van der Waals surface area contributed by atoms with E-state index < -0.39 is 6.10 Å². The molecular weight excluding hydrogens is 973 g/mol. The average Bonchev–Trinajstić information content (AvgIpc) is 3.45. The van der Waals surface area contributed by atoms with Crippen molar-refractivity contribution < 1.29 is 28.6 Å². The molecule has 0 amide bonds. The van der Waals surface area contributed by atoms with Crippen LogP contribution in [-0.4, -0.2) is 37.2 Å². The summed E-state index contributed by atoms with van der Waals surface area (Å²) >= 11 is 0. The topological polar surface area (TPSA) is 78.9 Å². The Kier molecular flexibility index (Phi) is 61.9. The third kappa shape index (κ3) is 64.0. The van der Waals surface area contributed by atoms with Gasteiger partial charge in [-0.1, -0.05) is 276 Å². The number of hydrogen-bond acceptors (Lipinski definition) is 6. The summed E-state index contributed by atoms with van der Waals surface area (Å²) in [6, 6.07) is 0. The van der Waals surface area contributed by atoms with Crippen LogP contribution in [0.25, 0.3) is 0 Å². The molecule has 6 heteroatoms. The van der Waals surface area contributed by atoms with E-state index in [1.165, 1.54) is 89.9 Å². The molecule has 0 aliphatic carbocycles. The van der Waals surface area contributed by atoms with Crippen molar-refractivity contribution in [2.45, 2.75) is 284 Å². The first kappa shape index (κ1) is 74.3. The number of unbranched alkanes of at least 4 members (excludes halogenated alkanes) is 22. The van der Waals surface area contributed by atoms with E-state index >= 15 is 0 Å². The molecule has 0 aliphatic rings. The fourth-order valence-corrected chi connectivity index (χ4v) is 8.50. The van der Waals surface area contributed by atoms with E-state index in [4.69, 9.17) is 14.2 Å². The van der Waals surface area contributed by atoms with Gasteiger partial charge in [0, 0.05) is 19.3 Å². The Morgan fingerprint density at radius 2 is 0.494 bits per heavy atom. The lowest BCUT2D eigenvalue weighted by Gasteiger charge is -2.18. The number of rotatable bonds is 57. The van der Waals surface area contributed by atoms with Crippen LogP contribution in [0.3, 0.4) is 0 Å². The largest absolute Gasteiger partial charge is 0.462 e. The highest BCUT2D eigenvalue weighted by Crippen LogP contribution is 2.15. The summed E-state index contributed by atoms with van der Waals surface area (Å²) in [4.78, 5) is 38.2. The second-order valence-electron chi connectivity index (χ2n) is 20.9. The van der Waals surface area contributed by atoms with Crippen LogP contribution in [0.4, 0.5) is 0 Å². The van der Waals surface area contributed by atoms with Crippen molar-refractivity contribution in [1.82, 2.24) is 0 Å². The summed E-state index contributed by atoms with van der Waals surface area (Å²) in [6.07, 6.45) is 94.3. The van der Waals surface area contributed by atoms with Crippen LogP contribution in [0.1, 0.15) is 278 Å². The van der Waals surface area contributed by atoms with Crippen molar-refractivity contribution in [1.29, 1.82) is 0 Å². The zero-order valence-corrected chi connectivity index (χ0v) is 51.1. The molecule has 0 aliphatic heterocycles. The monoisotopic (exact) mass is 1090 g/mol. The third-order valence-corrected chi connectivity index (χ3v) is 13.3. The number of hydrogen-bond donors (Lipinski definition) is 0. The van der Waals surface area contributed by atoms with Gasteiger partial charge in [0.1, 0.15) is 13.2 Å². The van der Waals surface area contributed by atoms with Gasteiger partial charge in [0.15, 0.2) is 6.10 Å². The molecule has 0 rings (SSSR count). The Morgan fingerprint density at radius 3 is 0.810 bits per heavy atom. The first-order chi connectivity index (χ1) is 39.0. The maximum atomic E-state index is 12.9. The Labute approximate surface area is 487 Å². The summed E-state index contributed by atoms with van der Waals surface area (Å²) in [5, 5.41) is 0. The Morgan fingerprint density at radius 1 is 0.266 bits per heavy atom. The number of esters is 3. The molecule has 0 spiro atoms. The molecular formula is C73H118O6. The van der Waals surface area contributed by atoms with Gasteiger partial charge in [-0.3, -0.25) is 14.4 Å². The predicted molar refractivity (Wildman–Crippen MR) is 343 cm³/mol. The van der Waals surface area contributed by atoms with E-state index in [-0.39, 0.29) is 31.1 Å². The zero-order valence-electron chi connectivity index (χ0n) is 51.1. The van der Waals surface area contributed by atoms with Crippen LogP contribution < -0.4 is 0 Å². The molecule has 0 aromatic heterocycles. The Balaban J connectivity index is 4.38. The molecule has 0 saturated heterocycles. The van der Waals surface area contributed by atoms with Gasteiger partial charge in [0.25, 0.3) is 0 Å². The van der Waals surface area contributed by atoms with E-state index in [1.54, 1.807) is 0 Å². The first-order valence-corrected chi connectivity index (χ1v) is 32.3. The van der Waals surface area contributed by atoms with Crippen molar-refractivity contribution in [2.24, 2.45) is 0 Å². The molecule has 0 bridgehead atoms. The predicted octanol–water partition coefficient (Wildman–Crippen LogP) is 22.3. The highest BCUT2D eigenvalue weighted by atomic mass is 16.6. The molecule has 446 valence electrons. The second kappa shape index (κ2) is 65.8. The average molecular weight is 1090 g/mol. The lowest BCUT2D eigenvalue weighted by molar-refractivity contribution is -0.167. The second-order valence-corrected chi connectivity index (χ2v) is 20.9. The van der Waals surface area contributed by atoms with Gasteiger partial charge in [-0.2, -0.15) is 0 Å². The number of carbonyl (C=O) groups excluding carboxylic acids is 3. The molecule has 0 aromatic rings. The minimum Gasteiger partial charge on any atom is -0.462 e. The smallest absolute Gasteiger partial charge is 0.306 e.